The topological polar surface area (TPSA) is 68.1 Å². The Kier molecular flexibility index (Phi) is 3.77. The predicted octanol–water partition coefficient (Wildman–Crippen LogP) is 0.886. The van der Waals surface area contributed by atoms with Gasteiger partial charge in [-0.25, -0.2) is 8.42 Å². The highest BCUT2D eigenvalue weighted by atomic mass is 32.2. The SMILES string of the molecule is CN(Cc1cnn(-c2ccccc2)n1)C1CCS(=O)(=O)C1. The van der Waals surface area contributed by atoms with E-state index in [2.05, 4.69) is 10.2 Å². The van der Waals surface area contributed by atoms with Crippen molar-refractivity contribution in [3.63, 3.8) is 0 Å². The lowest BCUT2D eigenvalue weighted by atomic mass is 10.2. The Morgan fingerprint density at radius 3 is 2.76 bits per heavy atom. The van der Waals surface area contributed by atoms with Gasteiger partial charge in [0.2, 0.25) is 0 Å². The molecule has 2 heterocycles. The number of benzene rings is 1. The molecule has 21 heavy (non-hydrogen) atoms. The van der Waals surface area contributed by atoms with Crippen molar-refractivity contribution in [2.24, 2.45) is 0 Å². The maximum Gasteiger partial charge on any atom is 0.151 e. The minimum atomic E-state index is -2.85. The second-order valence-electron chi connectivity index (χ2n) is 5.43. The van der Waals surface area contributed by atoms with Crippen molar-refractivity contribution >= 4 is 9.84 Å². The van der Waals surface area contributed by atoms with E-state index in [-0.39, 0.29) is 11.8 Å². The standard InChI is InChI=1S/C14H18N4O2S/c1-17(14-7-8-21(19,20)11-14)10-12-9-15-18(16-12)13-5-3-2-4-6-13/h2-6,9,14H,7-8,10-11H2,1H3. The monoisotopic (exact) mass is 306 g/mol. The van der Waals surface area contributed by atoms with Crippen LogP contribution in [0.25, 0.3) is 5.69 Å². The highest BCUT2D eigenvalue weighted by Crippen LogP contribution is 2.18. The second-order valence-corrected chi connectivity index (χ2v) is 7.66. The van der Waals surface area contributed by atoms with E-state index in [0.29, 0.717) is 18.7 Å². The zero-order chi connectivity index (χ0) is 14.9. The van der Waals surface area contributed by atoms with Gasteiger partial charge in [0.15, 0.2) is 9.84 Å². The van der Waals surface area contributed by atoms with E-state index in [4.69, 9.17) is 0 Å². The third-order valence-corrected chi connectivity index (χ3v) is 5.52. The highest BCUT2D eigenvalue weighted by molar-refractivity contribution is 7.91. The van der Waals surface area contributed by atoms with Crippen LogP contribution in [0.2, 0.25) is 0 Å². The van der Waals surface area contributed by atoms with Crippen LogP contribution in [0.5, 0.6) is 0 Å². The average Bonchev–Trinajstić information content (AvgIpc) is 3.06. The number of rotatable bonds is 4. The van der Waals surface area contributed by atoms with Gasteiger partial charge in [0.25, 0.3) is 0 Å². The molecule has 1 fully saturated rings. The van der Waals surface area contributed by atoms with Crippen LogP contribution in [-0.4, -0.2) is 52.9 Å². The van der Waals surface area contributed by atoms with Gasteiger partial charge in [-0.2, -0.15) is 15.0 Å². The van der Waals surface area contributed by atoms with Crippen molar-refractivity contribution < 1.29 is 8.42 Å². The van der Waals surface area contributed by atoms with Crippen molar-refractivity contribution in [3.8, 4) is 5.69 Å². The Morgan fingerprint density at radius 2 is 2.10 bits per heavy atom. The van der Waals surface area contributed by atoms with Gasteiger partial charge in [0.1, 0.15) is 0 Å². The Labute approximate surface area is 124 Å². The van der Waals surface area contributed by atoms with E-state index in [9.17, 15) is 8.42 Å². The molecule has 7 heteroatoms. The van der Waals surface area contributed by atoms with E-state index in [1.807, 2.05) is 42.3 Å². The summed E-state index contributed by atoms with van der Waals surface area (Å²) in [6, 6.07) is 9.79. The maximum absolute atomic E-state index is 11.5. The summed E-state index contributed by atoms with van der Waals surface area (Å²) >= 11 is 0. The first-order valence-electron chi connectivity index (χ1n) is 6.91. The zero-order valence-electron chi connectivity index (χ0n) is 11.9. The van der Waals surface area contributed by atoms with Crippen LogP contribution in [0.15, 0.2) is 36.5 Å². The molecule has 1 saturated heterocycles. The Morgan fingerprint density at radius 1 is 1.33 bits per heavy atom. The average molecular weight is 306 g/mol. The van der Waals surface area contributed by atoms with Crippen LogP contribution >= 0.6 is 0 Å². The van der Waals surface area contributed by atoms with Gasteiger partial charge in [-0.3, -0.25) is 4.90 Å². The third-order valence-electron chi connectivity index (χ3n) is 3.77. The first-order valence-corrected chi connectivity index (χ1v) is 8.73. The first kappa shape index (κ1) is 14.2. The van der Waals surface area contributed by atoms with Gasteiger partial charge in [-0.05, 0) is 25.6 Å². The first-order chi connectivity index (χ1) is 10.0. The molecule has 2 aromatic rings. The molecule has 1 aromatic carbocycles. The van der Waals surface area contributed by atoms with Crippen LogP contribution in [-0.2, 0) is 16.4 Å². The van der Waals surface area contributed by atoms with Gasteiger partial charge in [-0.15, -0.1) is 0 Å². The molecule has 1 aromatic heterocycles. The molecule has 0 bridgehead atoms. The number of hydrogen-bond donors (Lipinski definition) is 0. The van der Waals surface area contributed by atoms with Gasteiger partial charge in [0, 0.05) is 12.6 Å². The van der Waals surface area contributed by atoms with E-state index in [1.165, 1.54) is 0 Å². The summed E-state index contributed by atoms with van der Waals surface area (Å²) < 4.78 is 23.1. The molecule has 112 valence electrons. The van der Waals surface area contributed by atoms with Crippen molar-refractivity contribution in [2.45, 2.75) is 19.0 Å². The molecule has 0 amide bonds. The van der Waals surface area contributed by atoms with E-state index in [0.717, 1.165) is 11.4 Å². The van der Waals surface area contributed by atoms with Crippen molar-refractivity contribution in [1.29, 1.82) is 0 Å². The van der Waals surface area contributed by atoms with Crippen LogP contribution in [0.4, 0.5) is 0 Å². The Bertz CT molecular complexity index is 712. The number of hydrogen-bond acceptors (Lipinski definition) is 5. The van der Waals surface area contributed by atoms with Crippen molar-refractivity contribution in [1.82, 2.24) is 19.9 Å². The minimum absolute atomic E-state index is 0.0804. The third kappa shape index (κ3) is 3.30. The molecule has 3 rings (SSSR count). The predicted molar refractivity (Wildman–Crippen MR) is 79.9 cm³/mol. The zero-order valence-corrected chi connectivity index (χ0v) is 12.7. The highest BCUT2D eigenvalue weighted by Gasteiger charge is 2.30. The summed E-state index contributed by atoms with van der Waals surface area (Å²) in [6.07, 6.45) is 2.43. The molecule has 0 N–H and O–H groups in total. The summed E-state index contributed by atoms with van der Waals surface area (Å²) in [7, 11) is -0.916. The Hall–Kier alpha value is -1.73. The number of sulfone groups is 1. The van der Waals surface area contributed by atoms with E-state index in [1.54, 1.807) is 11.0 Å². The summed E-state index contributed by atoms with van der Waals surface area (Å²) in [5, 5.41) is 8.70. The fraction of sp³-hybridized carbons (Fsp3) is 0.429. The van der Waals surface area contributed by atoms with E-state index < -0.39 is 9.84 Å². The summed E-state index contributed by atoms with van der Waals surface area (Å²) in [5.41, 5.74) is 1.75. The quantitative estimate of drug-likeness (QED) is 0.839. The molecule has 1 aliphatic rings. The minimum Gasteiger partial charge on any atom is -0.296 e. The van der Waals surface area contributed by atoms with Crippen molar-refractivity contribution in [3.05, 3.63) is 42.2 Å². The molecule has 0 saturated carbocycles. The van der Waals surface area contributed by atoms with Crippen LogP contribution in [0, 0.1) is 0 Å². The van der Waals surface area contributed by atoms with Crippen LogP contribution in [0.1, 0.15) is 12.1 Å². The molecule has 1 unspecified atom stereocenters. The van der Waals surface area contributed by atoms with Crippen LogP contribution < -0.4 is 0 Å². The van der Waals surface area contributed by atoms with Gasteiger partial charge >= 0.3 is 0 Å². The van der Waals surface area contributed by atoms with E-state index >= 15 is 0 Å². The summed E-state index contributed by atoms with van der Waals surface area (Å²) in [4.78, 5) is 3.64. The summed E-state index contributed by atoms with van der Waals surface area (Å²) in [5.74, 6) is 0.537. The lowest BCUT2D eigenvalue weighted by Crippen LogP contribution is -2.32. The van der Waals surface area contributed by atoms with Gasteiger partial charge in [0.05, 0.1) is 29.1 Å². The van der Waals surface area contributed by atoms with Gasteiger partial charge < -0.3 is 0 Å². The lowest BCUT2D eigenvalue weighted by Gasteiger charge is -2.21. The molecule has 0 radical (unpaired) electrons. The van der Waals surface area contributed by atoms with Crippen molar-refractivity contribution in [2.75, 3.05) is 18.6 Å². The molecule has 6 nitrogen and oxygen atoms in total. The number of aromatic nitrogens is 3. The number of para-hydroxylation sites is 1. The molecule has 1 aliphatic heterocycles. The molecular weight excluding hydrogens is 288 g/mol. The second kappa shape index (κ2) is 5.57. The largest absolute Gasteiger partial charge is 0.296 e. The Balaban J connectivity index is 1.68. The summed E-state index contributed by atoms with van der Waals surface area (Å²) in [6.45, 7) is 0.604. The fourth-order valence-corrected chi connectivity index (χ4v) is 4.37. The van der Waals surface area contributed by atoms with Gasteiger partial charge in [-0.1, -0.05) is 18.2 Å². The molecular formula is C14H18N4O2S. The number of nitrogens with zero attached hydrogens (tertiary/aromatic N) is 4. The molecule has 1 atom stereocenters. The lowest BCUT2D eigenvalue weighted by molar-refractivity contribution is 0.250. The maximum atomic E-state index is 11.5. The van der Waals surface area contributed by atoms with Crippen LogP contribution in [0.3, 0.4) is 0 Å². The smallest absolute Gasteiger partial charge is 0.151 e. The normalized spacial score (nSPS) is 21.0. The molecule has 0 spiro atoms. The molecule has 0 aliphatic carbocycles. The fourth-order valence-electron chi connectivity index (χ4n) is 2.56.